The van der Waals surface area contributed by atoms with E-state index in [1.165, 1.54) is 31.2 Å². The summed E-state index contributed by atoms with van der Waals surface area (Å²) in [5.41, 5.74) is -4.39. The van der Waals surface area contributed by atoms with Crippen LogP contribution >= 0.6 is 0 Å². The molecule has 1 aromatic rings. The van der Waals surface area contributed by atoms with Gasteiger partial charge in [-0.1, -0.05) is 37.3 Å². The molecule has 122 valence electrons. The predicted molar refractivity (Wildman–Crippen MR) is 74.3 cm³/mol. The van der Waals surface area contributed by atoms with Gasteiger partial charge < -0.3 is 4.74 Å². The second kappa shape index (κ2) is 5.94. The van der Waals surface area contributed by atoms with E-state index in [0.29, 0.717) is 0 Å². The van der Waals surface area contributed by atoms with Gasteiger partial charge in [-0.25, -0.2) is 4.79 Å². The number of halogens is 3. The second-order valence-corrected chi connectivity index (χ2v) is 4.82. The Labute approximate surface area is 129 Å². The lowest BCUT2D eigenvalue weighted by molar-refractivity contribution is -0.152. The maximum atomic E-state index is 13.7. The molecule has 1 aromatic carbocycles. The molecule has 0 aliphatic carbocycles. The Kier molecular flexibility index (Phi) is 4.35. The predicted octanol–water partition coefficient (Wildman–Crippen LogP) is 3.32. The Hall–Kier alpha value is -2.51. The number of hydrogen-bond acceptors (Lipinski definition) is 4. The van der Waals surface area contributed by atoms with Crippen molar-refractivity contribution in [1.82, 2.24) is 0 Å². The molecule has 1 atom stereocenters. The van der Waals surface area contributed by atoms with E-state index in [1.807, 2.05) is 0 Å². The van der Waals surface area contributed by atoms with Crippen LogP contribution in [0.1, 0.15) is 18.9 Å². The van der Waals surface area contributed by atoms with Gasteiger partial charge in [0.1, 0.15) is 0 Å². The summed E-state index contributed by atoms with van der Waals surface area (Å²) in [6, 6.07) is 7.26. The van der Waals surface area contributed by atoms with Crippen molar-refractivity contribution in [2.75, 3.05) is 7.11 Å². The highest BCUT2D eigenvalue weighted by atomic mass is 19.4. The Morgan fingerprint density at radius 2 is 1.87 bits per heavy atom. The minimum absolute atomic E-state index is 0.0187. The third kappa shape index (κ3) is 2.76. The van der Waals surface area contributed by atoms with E-state index < -0.39 is 34.7 Å². The zero-order chi connectivity index (χ0) is 17.3. The van der Waals surface area contributed by atoms with Crippen LogP contribution < -0.4 is 0 Å². The highest BCUT2D eigenvalue weighted by molar-refractivity contribution is 6.23. The fraction of sp³-hybridized carbons (Fsp3) is 0.333. The van der Waals surface area contributed by atoms with Crippen LogP contribution in [0.5, 0.6) is 0 Å². The number of esters is 1. The normalized spacial score (nSPS) is 21.5. The molecular formula is C15H13F3N2O3. The number of carbonyl (C=O) groups is 2. The van der Waals surface area contributed by atoms with Gasteiger partial charge in [0, 0.05) is 0 Å². The molecular weight excluding hydrogens is 313 g/mol. The smallest absolute Gasteiger partial charge is 0.416 e. The molecule has 8 heteroatoms. The second-order valence-electron chi connectivity index (χ2n) is 4.82. The number of methoxy groups -OCH3 is 1. The summed E-state index contributed by atoms with van der Waals surface area (Å²) in [5.74, 6) is -2.35. The number of benzene rings is 1. The summed E-state index contributed by atoms with van der Waals surface area (Å²) >= 11 is 0. The zero-order valence-electron chi connectivity index (χ0n) is 12.3. The summed E-state index contributed by atoms with van der Waals surface area (Å²) in [5, 5.41) is 6.65. The lowest BCUT2D eigenvalue weighted by atomic mass is 9.80. The number of ether oxygens (including phenoxy) is 1. The molecule has 1 aliphatic heterocycles. The van der Waals surface area contributed by atoms with Crippen LogP contribution in [0.3, 0.4) is 0 Å². The van der Waals surface area contributed by atoms with Crippen molar-refractivity contribution in [3.05, 3.63) is 41.5 Å². The average Bonchev–Trinajstić information content (AvgIpc) is 2.54. The minimum Gasteiger partial charge on any atom is -0.467 e. The van der Waals surface area contributed by atoms with Crippen LogP contribution in [0.15, 0.2) is 46.1 Å². The summed E-state index contributed by atoms with van der Waals surface area (Å²) in [6.07, 6.45) is -5.30. The average molecular weight is 326 g/mol. The van der Waals surface area contributed by atoms with E-state index in [0.717, 1.165) is 7.11 Å². The largest absolute Gasteiger partial charge is 0.467 e. The Bertz CT molecular complexity index is 696. The molecule has 0 spiro atoms. The topological polar surface area (TPSA) is 68.1 Å². The quantitative estimate of drug-likeness (QED) is 0.800. The van der Waals surface area contributed by atoms with Gasteiger partial charge in [0.05, 0.1) is 18.3 Å². The van der Waals surface area contributed by atoms with E-state index in [-0.39, 0.29) is 12.0 Å². The Morgan fingerprint density at radius 1 is 1.26 bits per heavy atom. The highest BCUT2D eigenvalue weighted by Gasteiger charge is 2.58. The fourth-order valence-corrected chi connectivity index (χ4v) is 2.50. The molecule has 1 unspecified atom stereocenters. The molecule has 0 aromatic heterocycles. The van der Waals surface area contributed by atoms with E-state index in [1.54, 1.807) is 6.07 Å². The number of nitrogens with zero attached hydrogens (tertiary/aromatic N) is 2. The molecule has 5 nitrogen and oxygen atoms in total. The molecule has 1 aliphatic rings. The van der Waals surface area contributed by atoms with E-state index >= 15 is 0 Å². The van der Waals surface area contributed by atoms with Gasteiger partial charge in [-0.05, 0) is 12.0 Å². The molecule has 2 rings (SSSR count). The van der Waals surface area contributed by atoms with Gasteiger partial charge >= 0.3 is 12.1 Å². The molecule has 0 fully saturated rings. The van der Waals surface area contributed by atoms with Crippen molar-refractivity contribution < 1.29 is 27.5 Å². The summed E-state index contributed by atoms with van der Waals surface area (Å²) in [6.45, 7) is 1.35. The van der Waals surface area contributed by atoms with Gasteiger partial charge in [0.25, 0.3) is 5.91 Å². The lowest BCUT2D eigenvalue weighted by Gasteiger charge is -2.32. The molecule has 0 saturated carbocycles. The molecule has 0 saturated heterocycles. The molecule has 1 amide bonds. The molecule has 0 radical (unpaired) electrons. The first-order valence-electron chi connectivity index (χ1n) is 6.71. The molecule has 0 bridgehead atoms. The standard InChI is InChI=1S/C15H13F3N2O3/c1-3-14(13(22)23-2)11(15(16,17)18)10(12(21)19-20-14)9-7-5-4-6-8-9/h4-8H,3H2,1-2H3. The number of amides is 1. The van der Waals surface area contributed by atoms with Crippen LogP contribution in [0.2, 0.25) is 0 Å². The maximum Gasteiger partial charge on any atom is 0.416 e. The van der Waals surface area contributed by atoms with Crippen molar-refractivity contribution in [3.63, 3.8) is 0 Å². The first-order chi connectivity index (χ1) is 10.8. The highest BCUT2D eigenvalue weighted by Crippen LogP contribution is 2.46. The van der Waals surface area contributed by atoms with Crippen molar-refractivity contribution in [3.8, 4) is 0 Å². The van der Waals surface area contributed by atoms with Crippen molar-refractivity contribution in [2.45, 2.75) is 25.1 Å². The van der Waals surface area contributed by atoms with E-state index in [4.69, 9.17) is 0 Å². The number of carbonyl (C=O) groups excluding carboxylic acids is 2. The Balaban J connectivity index is 2.86. The SMILES string of the molecule is CCC1(C(=O)OC)N=NC(=O)C(c2ccccc2)=C1C(F)(F)F. The van der Waals surface area contributed by atoms with Crippen LogP contribution in [0.25, 0.3) is 5.57 Å². The summed E-state index contributed by atoms with van der Waals surface area (Å²) < 4.78 is 45.6. The molecule has 1 heterocycles. The van der Waals surface area contributed by atoms with Gasteiger partial charge in [-0.3, -0.25) is 4.79 Å². The van der Waals surface area contributed by atoms with Crippen LogP contribution in [-0.2, 0) is 14.3 Å². The van der Waals surface area contributed by atoms with Gasteiger partial charge in [-0.15, -0.1) is 5.11 Å². The first-order valence-corrected chi connectivity index (χ1v) is 6.71. The zero-order valence-corrected chi connectivity index (χ0v) is 12.3. The number of azo groups is 1. The molecule has 23 heavy (non-hydrogen) atoms. The van der Waals surface area contributed by atoms with Crippen LogP contribution in [0, 0.1) is 0 Å². The number of hydrogen-bond donors (Lipinski definition) is 0. The van der Waals surface area contributed by atoms with Gasteiger partial charge in [0.15, 0.2) is 0 Å². The first kappa shape index (κ1) is 16.9. The van der Waals surface area contributed by atoms with E-state index in [2.05, 4.69) is 15.0 Å². The maximum absolute atomic E-state index is 13.7. The van der Waals surface area contributed by atoms with Crippen LogP contribution in [0.4, 0.5) is 13.2 Å². The minimum atomic E-state index is -4.95. The number of rotatable bonds is 3. The van der Waals surface area contributed by atoms with Crippen molar-refractivity contribution in [1.29, 1.82) is 0 Å². The fourth-order valence-electron chi connectivity index (χ4n) is 2.50. The lowest BCUT2D eigenvalue weighted by Crippen LogP contribution is -2.47. The van der Waals surface area contributed by atoms with Crippen molar-refractivity contribution >= 4 is 17.4 Å². The molecule has 0 N–H and O–H groups in total. The third-order valence-corrected chi connectivity index (χ3v) is 3.57. The third-order valence-electron chi connectivity index (χ3n) is 3.57. The van der Waals surface area contributed by atoms with E-state index in [9.17, 15) is 22.8 Å². The summed E-state index contributed by atoms with van der Waals surface area (Å²) in [4.78, 5) is 24.0. The monoisotopic (exact) mass is 326 g/mol. The number of alkyl halides is 3. The van der Waals surface area contributed by atoms with Crippen LogP contribution in [-0.4, -0.2) is 30.7 Å². The van der Waals surface area contributed by atoms with Gasteiger partial charge in [-0.2, -0.15) is 18.3 Å². The van der Waals surface area contributed by atoms with Gasteiger partial charge in [0.2, 0.25) is 5.54 Å². The van der Waals surface area contributed by atoms with Crippen molar-refractivity contribution in [2.24, 2.45) is 10.2 Å². The Morgan fingerprint density at radius 3 is 2.35 bits per heavy atom. The summed E-state index contributed by atoms with van der Waals surface area (Å²) in [7, 11) is 0.960.